The molecule has 3 aliphatic rings. The van der Waals surface area contributed by atoms with E-state index in [1.54, 1.807) is 17.0 Å². The van der Waals surface area contributed by atoms with E-state index < -0.39 is 11.7 Å². The number of piperazine rings is 1. The third-order valence-corrected chi connectivity index (χ3v) is 6.81. The van der Waals surface area contributed by atoms with Crippen molar-refractivity contribution in [1.29, 1.82) is 0 Å². The van der Waals surface area contributed by atoms with Crippen LogP contribution in [0, 0.1) is 0 Å². The molecule has 2 fully saturated rings. The number of likely N-dealkylation sites (tertiary alicyclic amines) is 1. The monoisotopic (exact) mass is 425 g/mol. The van der Waals surface area contributed by atoms with Gasteiger partial charge in [0.15, 0.2) is 0 Å². The lowest BCUT2D eigenvalue weighted by Gasteiger charge is -2.38. The number of carbonyl (C=O) groups is 2. The molecule has 0 bridgehead atoms. The van der Waals surface area contributed by atoms with Crippen LogP contribution in [0.25, 0.3) is 0 Å². The van der Waals surface area contributed by atoms with Crippen LogP contribution in [0.15, 0.2) is 35.9 Å². The molecule has 1 amide bonds. The summed E-state index contributed by atoms with van der Waals surface area (Å²) < 4.78 is 38.8. The summed E-state index contributed by atoms with van der Waals surface area (Å²) in [4.78, 5) is 30.0. The number of anilines is 1. The van der Waals surface area contributed by atoms with Crippen LogP contribution in [-0.4, -0.2) is 71.9 Å². The Labute approximate surface area is 171 Å². The second kappa shape index (κ2) is 8.02. The fraction of sp³-hybridized carbons (Fsp3) is 0.500. The van der Waals surface area contributed by atoms with Crippen molar-refractivity contribution in [2.24, 2.45) is 0 Å². The fourth-order valence-electron chi connectivity index (χ4n) is 4.01. The van der Waals surface area contributed by atoms with Crippen molar-refractivity contribution in [1.82, 2.24) is 9.80 Å². The number of piperidine rings is 1. The van der Waals surface area contributed by atoms with Crippen molar-refractivity contribution in [2.75, 3.05) is 50.7 Å². The smallest absolute Gasteiger partial charge is 0.369 e. The predicted octanol–water partition coefficient (Wildman–Crippen LogP) is 2.63. The minimum absolute atomic E-state index is 0.0428. The zero-order chi connectivity index (χ0) is 20.6. The van der Waals surface area contributed by atoms with Crippen molar-refractivity contribution >= 4 is 28.5 Å². The molecule has 3 heterocycles. The second-order valence-corrected chi connectivity index (χ2v) is 8.77. The Hall–Kier alpha value is -2.00. The van der Waals surface area contributed by atoms with Crippen LogP contribution < -0.4 is 4.90 Å². The van der Waals surface area contributed by atoms with E-state index in [4.69, 9.17) is 0 Å². The average molecular weight is 425 g/mol. The van der Waals surface area contributed by atoms with E-state index in [2.05, 4.69) is 0 Å². The maximum absolute atomic E-state index is 12.9. The van der Waals surface area contributed by atoms with Crippen LogP contribution in [0.4, 0.5) is 18.9 Å². The first kappa shape index (κ1) is 20.3. The summed E-state index contributed by atoms with van der Waals surface area (Å²) in [5, 5.41) is 0.299. The summed E-state index contributed by atoms with van der Waals surface area (Å²) in [5.74, 6) is 0.0428. The molecule has 1 aromatic rings. The number of carbonyl (C=O) groups excluding carboxylic acids is 2. The summed E-state index contributed by atoms with van der Waals surface area (Å²) in [6, 6.07) is 5.38. The largest absolute Gasteiger partial charge is 0.416 e. The SMILES string of the molecule is O=C1C=C2CN(C(=O)CN3CCN(c4cccc(C(F)(F)F)c4)CC3)CCC2S1. The average Bonchev–Trinajstić information content (AvgIpc) is 3.07. The van der Waals surface area contributed by atoms with Gasteiger partial charge < -0.3 is 9.80 Å². The summed E-state index contributed by atoms with van der Waals surface area (Å²) in [6.07, 6.45) is -1.89. The molecule has 0 N–H and O–H groups in total. The summed E-state index contributed by atoms with van der Waals surface area (Å²) in [6.45, 7) is 3.87. The number of benzene rings is 1. The number of hydrogen-bond acceptors (Lipinski definition) is 5. The highest BCUT2D eigenvalue weighted by molar-refractivity contribution is 8.15. The van der Waals surface area contributed by atoms with E-state index in [0.717, 1.165) is 18.1 Å². The maximum atomic E-state index is 12.9. The topological polar surface area (TPSA) is 43.9 Å². The third kappa shape index (κ3) is 4.61. The van der Waals surface area contributed by atoms with E-state index in [1.807, 2.05) is 9.80 Å². The second-order valence-electron chi connectivity index (χ2n) is 7.56. The molecule has 1 unspecified atom stereocenters. The number of amides is 1. The molecule has 0 aliphatic carbocycles. The molecule has 1 aromatic carbocycles. The van der Waals surface area contributed by atoms with Crippen LogP contribution in [0.5, 0.6) is 0 Å². The number of rotatable bonds is 3. The van der Waals surface area contributed by atoms with E-state index in [1.165, 1.54) is 23.9 Å². The van der Waals surface area contributed by atoms with Gasteiger partial charge in [-0.25, -0.2) is 0 Å². The molecule has 0 saturated carbocycles. The quantitative estimate of drug-likeness (QED) is 0.745. The Balaban J connectivity index is 1.30. The summed E-state index contributed by atoms with van der Waals surface area (Å²) in [5.41, 5.74) is 0.950. The Morgan fingerprint density at radius 3 is 2.62 bits per heavy atom. The first-order valence-corrected chi connectivity index (χ1v) is 10.5. The molecule has 3 aliphatic heterocycles. The van der Waals surface area contributed by atoms with Gasteiger partial charge in [-0.2, -0.15) is 13.2 Å². The van der Waals surface area contributed by atoms with Crippen LogP contribution in [0.3, 0.4) is 0 Å². The molecule has 29 heavy (non-hydrogen) atoms. The highest BCUT2D eigenvalue weighted by atomic mass is 32.2. The molecule has 0 aromatic heterocycles. The predicted molar refractivity (Wildman–Crippen MR) is 106 cm³/mol. The Bertz CT molecular complexity index is 835. The molecular formula is C20H22F3N3O2S. The van der Waals surface area contributed by atoms with Gasteiger partial charge in [0, 0.05) is 50.2 Å². The molecule has 1 atom stereocenters. The van der Waals surface area contributed by atoms with Crippen LogP contribution >= 0.6 is 11.8 Å². The minimum Gasteiger partial charge on any atom is -0.369 e. The van der Waals surface area contributed by atoms with Crippen molar-refractivity contribution in [3.63, 3.8) is 0 Å². The molecule has 156 valence electrons. The third-order valence-electron chi connectivity index (χ3n) is 5.63. The van der Waals surface area contributed by atoms with Crippen LogP contribution in [0.2, 0.25) is 0 Å². The number of nitrogens with zero attached hydrogens (tertiary/aromatic N) is 3. The van der Waals surface area contributed by atoms with Gasteiger partial charge in [0.2, 0.25) is 11.0 Å². The number of thioether (sulfide) groups is 1. The first-order chi connectivity index (χ1) is 13.8. The summed E-state index contributed by atoms with van der Waals surface area (Å²) in [7, 11) is 0. The normalized spacial score (nSPS) is 23.2. The van der Waals surface area contributed by atoms with Gasteiger partial charge >= 0.3 is 6.18 Å². The van der Waals surface area contributed by atoms with Crippen LogP contribution in [0.1, 0.15) is 12.0 Å². The van der Waals surface area contributed by atoms with Gasteiger partial charge in [-0.15, -0.1) is 0 Å². The van der Waals surface area contributed by atoms with Crippen molar-refractivity contribution in [2.45, 2.75) is 17.8 Å². The van der Waals surface area contributed by atoms with Gasteiger partial charge in [-0.3, -0.25) is 14.5 Å². The molecule has 2 saturated heterocycles. The Kier molecular flexibility index (Phi) is 5.61. The van der Waals surface area contributed by atoms with E-state index in [0.29, 0.717) is 51.5 Å². The van der Waals surface area contributed by atoms with Gasteiger partial charge in [-0.05, 0) is 36.3 Å². The fourth-order valence-corrected chi connectivity index (χ4v) is 5.02. The number of halogens is 3. The molecule has 9 heteroatoms. The van der Waals surface area contributed by atoms with Gasteiger partial charge in [0.1, 0.15) is 0 Å². The summed E-state index contributed by atoms with van der Waals surface area (Å²) >= 11 is 1.34. The number of hydrogen-bond donors (Lipinski definition) is 0. The molecule has 4 rings (SSSR count). The lowest BCUT2D eigenvalue weighted by Crippen LogP contribution is -2.51. The molecule has 0 spiro atoms. The molecule has 0 radical (unpaired) electrons. The standard InChI is InChI=1S/C20H22F3N3O2S/c21-20(22,23)15-2-1-3-16(11-15)25-8-6-24(7-9-25)13-18(27)26-5-4-17-14(12-26)10-19(28)29-17/h1-3,10-11,17H,4-9,12-13H2. The number of fused-ring (bicyclic) bond motifs is 1. The lowest BCUT2D eigenvalue weighted by molar-refractivity contribution is -0.137. The molecular weight excluding hydrogens is 403 g/mol. The molecule has 5 nitrogen and oxygen atoms in total. The van der Waals surface area contributed by atoms with Gasteiger partial charge in [0.25, 0.3) is 0 Å². The van der Waals surface area contributed by atoms with Crippen molar-refractivity contribution in [3.8, 4) is 0 Å². The zero-order valence-corrected chi connectivity index (χ0v) is 16.6. The maximum Gasteiger partial charge on any atom is 0.416 e. The lowest BCUT2D eigenvalue weighted by atomic mass is 10.0. The van der Waals surface area contributed by atoms with Gasteiger partial charge in [0.05, 0.1) is 12.1 Å². The Morgan fingerprint density at radius 2 is 1.90 bits per heavy atom. The van der Waals surface area contributed by atoms with E-state index in [9.17, 15) is 22.8 Å². The van der Waals surface area contributed by atoms with Crippen LogP contribution in [-0.2, 0) is 15.8 Å². The van der Waals surface area contributed by atoms with Crippen molar-refractivity contribution < 1.29 is 22.8 Å². The first-order valence-electron chi connectivity index (χ1n) is 9.63. The highest BCUT2D eigenvalue weighted by Crippen LogP contribution is 2.34. The zero-order valence-electron chi connectivity index (χ0n) is 15.8. The van der Waals surface area contributed by atoms with E-state index >= 15 is 0 Å². The highest BCUT2D eigenvalue weighted by Gasteiger charge is 2.34. The van der Waals surface area contributed by atoms with Gasteiger partial charge in [-0.1, -0.05) is 17.8 Å². The van der Waals surface area contributed by atoms with Crippen molar-refractivity contribution in [3.05, 3.63) is 41.5 Å². The minimum atomic E-state index is -4.35. The van der Waals surface area contributed by atoms with E-state index in [-0.39, 0.29) is 16.3 Å². The Morgan fingerprint density at radius 1 is 1.14 bits per heavy atom. The number of alkyl halides is 3.